The number of nitrogens with two attached hydrogens (primary N) is 1. The molecule has 0 spiro atoms. The highest BCUT2D eigenvalue weighted by atomic mass is 32.1. The van der Waals surface area contributed by atoms with E-state index < -0.39 is 5.97 Å². The number of thiazole rings is 1. The molecule has 1 aromatic heterocycles. The molecule has 0 bridgehead atoms. The van der Waals surface area contributed by atoms with Gasteiger partial charge in [0.05, 0.1) is 5.01 Å². The second kappa shape index (κ2) is 6.97. The van der Waals surface area contributed by atoms with E-state index in [1.165, 1.54) is 11.3 Å². The van der Waals surface area contributed by atoms with Gasteiger partial charge in [-0.15, -0.1) is 11.3 Å². The van der Waals surface area contributed by atoms with Crippen LogP contribution < -0.4 is 11.1 Å². The Kier molecular flexibility index (Phi) is 5.58. The quantitative estimate of drug-likeness (QED) is 0.607. The zero-order valence-electron chi connectivity index (χ0n) is 9.31. The largest absolute Gasteiger partial charge is 0.481 e. The Labute approximate surface area is 103 Å². The van der Waals surface area contributed by atoms with Crippen LogP contribution in [-0.4, -0.2) is 35.1 Å². The zero-order chi connectivity index (χ0) is 12.7. The maximum Gasteiger partial charge on any atom is 0.303 e. The average molecular weight is 257 g/mol. The molecule has 0 aliphatic rings. The molecule has 1 amide bonds. The lowest BCUT2D eigenvalue weighted by Gasteiger charge is -2.00. The van der Waals surface area contributed by atoms with Gasteiger partial charge in [-0.25, -0.2) is 4.98 Å². The number of carbonyl (C=O) groups is 2. The first-order valence-electron chi connectivity index (χ1n) is 5.28. The minimum atomic E-state index is -0.863. The first kappa shape index (κ1) is 13.6. The van der Waals surface area contributed by atoms with Crippen LogP contribution in [0, 0.1) is 0 Å². The summed E-state index contributed by atoms with van der Waals surface area (Å²) < 4.78 is 0. The number of aromatic nitrogens is 1. The molecule has 0 aliphatic carbocycles. The van der Waals surface area contributed by atoms with Gasteiger partial charge in [0.25, 0.3) is 5.91 Å². The highest BCUT2D eigenvalue weighted by molar-refractivity contribution is 7.09. The molecule has 6 nitrogen and oxygen atoms in total. The Hall–Kier alpha value is -1.47. The van der Waals surface area contributed by atoms with Crippen LogP contribution in [0.15, 0.2) is 5.38 Å². The van der Waals surface area contributed by atoms with E-state index in [4.69, 9.17) is 10.8 Å². The van der Waals surface area contributed by atoms with Crippen LogP contribution in [0.2, 0.25) is 0 Å². The van der Waals surface area contributed by atoms with Crippen molar-refractivity contribution in [1.82, 2.24) is 10.3 Å². The highest BCUT2D eigenvalue weighted by Crippen LogP contribution is 2.09. The molecular weight excluding hydrogens is 242 g/mol. The van der Waals surface area contributed by atoms with E-state index in [9.17, 15) is 9.59 Å². The van der Waals surface area contributed by atoms with Crippen molar-refractivity contribution in [2.45, 2.75) is 19.3 Å². The standard InChI is InChI=1S/C10H15N3O3S/c11-4-3-8-13-7(6-17-8)10(16)12-5-1-2-9(14)15/h6H,1-5,11H2,(H,12,16)(H,14,15). The van der Waals surface area contributed by atoms with Gasteiger partial charge in [0, 0.05) is 24.8 Å². The summed E-state index contributed by atoms with van der Waals surface area (Å²) in [6.07, 6.45) is 1.13. The van der Waals surface area contributed by atoms with Gasteiger partial charge >= 0.3 is 5.97 Å². The van der Waals surface area contributed by atoms with Crippen molar-refractivity contribution >= 4 is 23.2 Å². The third-order valence-corrected chi connectivity index (χ3v) is 2.90. The monoisotopic (exact) mass is 257 g/mol. The van der Waals surface area contributed by atoms with Crippen LogP contribution in [0.1, 0.15) is 28.3 Å². The number of hydrogen-bond acceptors (Lipinski definition) is 5. The summed E-state index contributed by atoms with van der Waals surface area (Å²) in [7, 11) is 0. The zero-order valence-corrected chi connectivity index (χ0v) is 10.1. The summed E-state index contributed by atoms with van der Waals surface area (Å²) in [4.78, 5) is 25.9. The fourth-order valence-electron chi connectivity index (χ4n) is 1.19. The normalized spacial score (nSPS) is 10.2. The molecular formula is C10H15N3O3S. The van der Waals surface area contributed by atoms with Crippen LogP contribution in [-0.2, 0) is 11.2 Å². The first-order valence-corrected chi connectivity index (χ1v) is 6.16. The van der Waals surface area contributed by atoms with Crippen LogP contribution in [0.4, 0.5) is 0 Å². The van der Waals surface area contributed by atoms with Gasteiger partial charge in [0.2, 0.25) is 0 Å². The van der Waals surface area contributed by atoms with E-state index in [0.717, 1.165) is 5.01 Å². The van der Waals surface area contributed by atoms with Crippen molar-refractivity contribution in [1.29, 1.82) is 0 Å². The van der Waals surface area contributed by atoms with E-state index in [-0.39, 0.29) is 12.3 Å². The highest BCUT2D eigenvalue weighted by Gasteiger charge is 2.09. The van der Waals surface area contributed by atoms with Crippen LogP contribution in [0.5, 0.6) is 0 Å². The predicted molar refractivity (Wildman–Crippen MR) is 64.1 cm³/mol. The molecule has 1 aromatic rings. The van der Waals surface area contributed by atoms with Crippen molar-refractivity contribution in [3.63, 3.8) is 0 Å². The molecule has 17 heavy (non-hydrogen) atoms. The molecule has 0 fully saturated rings. The minimum Gasteiger partial charge on any atom is -0.481 e. The van der Waals surface area contributed by atoms with Gasteiger partial charge in [0.15, 0.2) is 0 Å². The van der Waals surface area contributed by atoms with E-state index in [1.807, 2.05) is 0 Å². The van der Waals surface area contributed by atoms with Crippen molar-refractivity contribution in [2.24, 2.45) is 5.73 Å². The summed E-state index contributed by atoms with van der Waals surface area (Å²) in [5.74, 6) is -1.13. The van der Waals surface area contributed by atoms with Gasteiger partial charge in [-0.1, -0.05) is 0 Å². The molecule has 4 N–H and O–H groups in total. The number of carboxylic acid groups (broad SMARTS) is 1. The van der Waals surface area contributed by atoms with E-state index >= 15 is 0 Å². The molecule has 0 aliphatic heterocycles. The van der Waals surface area contributed by atoms with Gasteiger partial charge in [-0.2, -0.15) is 0 Å². The predicted octanol–water partition coefficient (Wildman–Crippen LogP) is 0.239. The van der Waals surface area contributed by atoms with Crippen LogP contribution in [0.3, 0.4) is 0 Å². The Morgan fingerprint density at radius 2 is 2.29 bits per heavy atom. The third kappa shape index (κ3) is 4.92. The number of nitrogens with zero attached hydrogens (tertiary/aromatic N) is 1. The molecule has 7 heteroatoms. The molecule has 1 heterocycles. The number of carbonyl (C=O) groups excluding carboxylic acids is 1. The number of hydrogen-bond donors (Lipinski definition) is 3. The summed E-state index contributed by atoms with van der Waals surface area (Å²) in [5.41, 5.74) is 5.75. The fourth-order valence-corrected chi connectivity index (χ4v) is 1.98. The second-order valence-corrected chi connectivity index (χ2v) is 4.36. The lowest BCUT2D eigenvalue weighted by molar-refractivity contribution is -0.137. The minimum absolute atomic E-state index is 0.0514. The van der Waals surface area contributed by atoms with Crippen molar-refractivity contribution < 1.29 is 14.7 Å². The molecule has 0 unspecified atom stereocenters. The SMILES string of the molecule is NCCc1nc(C(=O)NCCCC(=O)O)cs1. The first-order chi connectivity index (χ1) is 8.13. The number of aliphatic carboxylic acids is 1. The molecule has 0 radical (unpaired) electrons. The third-order valence-electron chi connectivity index (χ3n) is 2.00. The summed E-state index contributed by atoms with van der Waals surface area (Å²) in [6, 6.07) is 0. The molecule has 94 valence electrons. The maximum absolute atomic E-state index is 11.6. The molecule has 0 saturated heterocycles. The maximum atomic E-state index is 11.6. The van der Waals surface area contributed by atoms with Crippen molar-refractivity contribution in [3.8, 4) is 0 Å². The number of rotatable bonds is 7. The Morgan fingerprint density at radius 1 is 1.53 bits per heavy atom. The Morgan fingerprint density at radius 3 is 2.94 bits per heavy atom. The topological polar surface area (TPSA) is 105 Å². The van der Waals surface area contributed by atoms with E-state index in [1.54, 1.807) is 5.38 Å². The lowest BCUT2D eigenvalue weighted by atomic mass is 10.3. The van der Waals surface area contributed by atoms with Gasteiger partial charge in [-0.05, 0) is 13.0 Å². The van der Waals surface area contributed by atoms with Gasteiger partial charge in [-0.3, -0.25) is 9.59 Å². The summed E-state index contributed by atoms with van der Waals surface area (Å²) in [5, 5.41) is 13.6. The second-order valence-electron chi connectivity index (χ2n) is 3.42. The molecule has 0 aromatic carbocycles. The van der Waals surface area contributed by atoms with Crippen molar-refractivity contribution in [2.75, 3.05) is 13.1 Å². The Bertz CT molecular complexity index is 392. The Balaban J connectivity index is 2.33. The van der Waals surface area contributed by atoms with Crippen LogP contribution in [0.25, 0.3) is 0 Å². The van der Waals surface area contributed by atoms with E-state index in [0.29, 0.717) is 31.6 Å². The molecule has 0 saturated carbocycles. The molecule has 1 rings (SSSR count). The van der Waals surface area contributed by atoms with Gasteiger partial charge in [0.1, 0.15) is 5.69 Å². The average Bonchev–Trinajstić information content (AvgIpc) is 2.73. The summed E-state index contributed by atoms with van der Waals surface area (Å²) >= 11 is 1.40. The lowest BCUT2D eigenvalue weighted by Crippen LogP contribution is -2.25. The fraction of sp³-hybridized carbons (Fsp3) is 0.500. The number of amides is 1. The summed E-state index contributed by atoms with van der Waals surface area (Å²) in [6.45, 7) is 0.849. The number of nitrogens with one attached hydrogen (secondary N) is 1. The number of carboxylic acids is 1. The smallest absolute Gasteiger partial charge is 0.303 e. The van der Waals surface area contributed by atoms with E-state index in [2.05, 4.69) is 10.3 Å². The van der Waals surface area contributed by atoms with Crippen molar-refractivity contribution in [3.05, 3.63) is 16.1 Å². The van der Waals surface area contributed by atoms with Crippen LogP contribution >= 0.6 is 11.3 Å². The molecule has 0 atom stereocenters. The van der Waals surface area contributed by atoms with Gasteiger partial charge < -0.3 is 16.2 Å².